The fraction of sp³-hybridized carbons (Fsp3) is 0.172. The molecule has 2 heterocycles. The molecule has 1 aliphatic rings. The summed E-state index contributed by atoms with van der Waals surface area (Å²) in [5, 5.41) is 11.8. The Hall–Kier alpha value is -4.04. The van der Waals surface area contributed by atoms with Crippen molar-refractivity contribution < 1.29 is 28.6 Å². The fourth-order valence-electron chi connectivity index (χ4n) is 4.45. The second-order valence-electron chi connectivity index (χ2n) is 8.90. The monoisotopic (exact) mass is 561 g/mol. The number of nitrogens with zero attached hydrogens (tertiary/aromatic N) is 1. The van der Waals surface area contributed by atoms with E-state index in [0.29, 0.717) is 28.3 Å². The van der Waals surface area contributed by atoms with Crippen molar-refractivity contribution >= 4 is 44.3 Å². The number of methoxy groups -OCH3 is 1. The van der Waals surface area contributed by atoms with Crippen LogP contribution in [0.1, 0.15) is 36.0 Å². The first kappa shape index (κ1) is 24.6. The molecule has 0 bridgehead atoms. The molecule has 5 rings (SSSR count). The Bertz CT molecular complexity index is 1540. The predicted molar refractivity (Wildman–Crippen MR) is 143 cm³/mol. The van der Waals surface area contributed by atoms with Gasteiger partial charge in [0.2, 0.25) is 5.78 Å². The van der Waals surface area contributed by atoms with Gasteiger partial charge in [0, 0.05) is 15.5 Å². The van der Waals surface area contributed by atoms with Crippen molar-refractivity contribution in [3.05, 3.63) is 99.9 Å². The van der Waals surface area contributed by atoms with Crippen LogP contribution >= 0.6 is 15.9 Å². The number of benzene rings is 3. The molecule has 1 atom stereocenters. The number of furan rings is 1. The van der Waals surface area contributed by atoms with Gasteiger partial charge in [-0.15, -0.1) is 0 Å². The van der Waals surface area contributed by atoms with Gasteiger partial charge in [-0.05, 0) is 80.1 Å². The Morgan fingerprint density at radius 3 is 2.49 bits per heavy atom. The number of Topliss-reactive ketones (excluding diaryl/α,β-unsaturated/α-hetero) is 1. The Kier molecular flexibility index (Phi) is 6.52. The number of hydrogen-bond donors (Lipinski definition) is 1. The molecule has 1 aromatic heterocycles. The summed E-state index contributed by atoms with van der Waals surface area (Å²) in [5.41, 5.74) is 1.55. The Labute approximate surface area is 222 Å². The van der Waals surface area contributed by atoms with Crippen LogP contribution in [0, 0.1) is 0 Å². The van der Waals surface area contributed by atoms with Crippen LogP contribution in [0.4, 0.5) is 5.69 Å². The molecule has 4 aromatic rings. The summed E-state index contributed by atoms with van der Waals surface area (Å²) >= 11 is 3.42. The van der Waals surface area contributed by atoms with E-state index in [-0.39, 0.29) is 17.4 Å². The highest BCUT2D eigenvalue weighted by molar-refractivity contribution is 9.10. The van der Waals surface area contributed by atoms with E-state index in [1.165, 1.54) is 4.90 Å². The quantitative estimate of drug-likeness (QED) is 0.250. The summed E-state index contributed by atoms with van der Waals surface area (Å²) in [6.07, 6.45) is -0.0712. The second kappa shape index (κ2) is 9.78. The van der Waals surface area contributed by atoms with Crippen LogP contribution in [0.3, 0.4) is 0 Å². The maximum Gasteiger partial charge on any atom is 0.294 e. The minimum Gasteiger partial charge on any atom is -0.503 e. The molecule has 1 unspecified atom stereocenters. The number of carbonyl (C=O) groups excluding carboxylic acids is 2. The van der Waals surface area contributed by atoms with Gasteiger partial charge in [-0.1, -0.05) is 28.1 Å². The minimum atomic E-state index is -0.913. The van der Waals surface area contributed by atoms with Crippen LogP contribution in [0.15, 0.2) is 93.0 Å². The lowest BCUT2D eigenvalue weighted by Crippen LogP contribution is -2.31. The topological polar surface area (TPSA) is 89.2 Å². The van der Waals surface area contributed by atoms with Crippen LogP contribution in [-0.2, 0) is 4.79 Å². The van der Waals surface area contributed by atoms with E-state index in [4.69, 9.17) is 13.9 Å². The molecule has 0 aliphatic carbocycles. The van der Waals surface area contributed by atoms with Gasteiger partial charge >= 0.3 is 0 Å². The van der Waals surface area contributed by atoms with Gasteiger partial charge in [0.15, 0.2) is 11.5 Å². The van der Waals surface area contributed by atoms with E-state index in [1.807, 2.05) is 26.0 Å². The van der Waals surface area contributed by atoms with Crippen molar-refractivity contribution in [2.45, 2.75) is 26.0 Å². The maximum absolute atomic E-state index is 13.8. The van der Waals surface area contributed by atoms with Crippen LogP contribution in [0.2, 0.25) is 0 Å². The average molecular weight is 562 g/mol. The van der Waals surface area contributed by atoms with Crippen molar-refractivity contribution in [3.63, 3.8) is 0 Å². The third-order valence-electron chi connectivity index (χ3n) is 6.05. The highest BCUT2D eigenvalue weighted by Gasteiger charge is 2.45. The maximum atomic E-state index is 13.8. The predicted octanol–water partition coefficient (Wildman–Crippen LogP) is 6.77. The van der Waals surface area contributed by atoms with Crippen LogP contribution in [-0.4, -0.2) is 30.0 Å². The molecule has 188 valence electrons. The molecule has 0 saturated carbocycles. The molecule has 1 N–H and O–H groups in total. The zero-order valence-corrected chi connectivity index (χ0v) is 22.0. The van der Waals surface area contributed by atoms with Gasteiger partial charge in [0.05, 0.1) is 24.8 Å². The fourth-order valence-corrected chi connectivity index (χ4v) is 4.83. The Morgan fingerprint density at radius 2 is 1.78 bits per heavy atom. The summed E-state index contributed by atoms with van der Waals surface area (Å²) in [7, 11) is 1.55. The van der Waals surface area contributed by atoms with Crippen molar-refractivity contribution in [1.29, 1.82) is 0 Å². The summed E-state index contributed by atoms with van der Waals surface area (Å²) in [6.45, 7) is 3.83. The number of aliphatic hydroxyl groups excluding tert-OH is 1. The van der Waals surface area contributed by atoms with E-state index in [9.17, 15) is 14.7 Å². The number of halogens is 1. The van der Waals surface area contributed by atoms with Gasteiger partial charge in [-0.3, -0.25) is 14.5 Å². The number of amides is 1. The number of aliphatic hydroxyl groups is 1. The first-order chi connectivity index (χ1) is 17.8. The molecule has 0 spiro atoms. The first-order valence-electron chi connectivity index (χ1n) is 11.7. The normalized spacial score (nSPS) is 15.6. The van der Waals surface area contributed by atoms with E-state index >= 15 is 0 Å². The molecule has 1 aliphatic heterocycles. The summed E-state index contributed by atoms with van der Waals surface area (Å²) in [4.78, 5) is 28.7. The third-order valence-corrected chi connectivity index (χ3v) is 6.54. The van der Waals surface area contributed by atoms with Gasteiger partial charge in [-0.2, -0.15) is 0 Å². The third kappa shape index (κ3) is 4.60. The Morgan fingerprint density at radius 1 is 1.03 bits per heavy atom. The molecule has 0 radical (unpaired) electrons. The van der Waals surface area contributed by atoms with Gasteiger partial charge in [0.25, 0.3) is 5.91 Å². The molecule has 1 amide bonds. The highest BCUT2D eigenvalue weighted by atomic mass is 79.9. The van der Waals surface area contributed by atoms with Gasteiger partial charge in [0.1, 0.15) is 17.1 Å². The lowest BCUT2D eigenvalue weighted by molar-refractivity contribution is -0.117. The van der Waals surface area contributed by atoms with Crippen molar-refractivity contribution in [1.82, 2.24) is 0 Å². The van der Waals surface area contributed by atoms with Gasteiger partial charge < -0.3 is 19.0 Å². The lowest BCUT2D eigenvalue weighted by atomic mass is 9.94. The smallest absolute Gasteiger partial charge is 0.294 e. The molecule has 8 heteroatoms. The molecule has 0 fully saturated rings. The van der Waals surface area contributed by atoms with E-state index < -0.39 is 23.5 Å². The first-order valence-corrected chi connectivity index (χ1v) is 12.5. The zero-order chi connectivity index (χ0) is 26.3. The van der Waals surface area contributed by atoms with Crippen LogP contribution in [0.25, 0.3) is 11.0 Å². The minimum absolute atomic E-state index is 0.0265. The standard InChI is InChI=1S/C29H24BrNO6/c1-16(2)36-22-6-4-5-17(14-22)26-25(27(32)24-15-18-13-19(30)7-12-23(18)37-24)28(33)29(34)31(26)20-8-10-21(35-3)11-9-20/h4-16,26,33H,1-3H3. The van der Waals surface area contributed by atoms with E-state index in [2.05, 4.69) is 15.9 Å². The van der Waals surface area contributed by atoms with Crippen LogP contribution < -0.4 is 14.4 Å². The number of anilines is 1. The molecule has 7 nitrogen and oxygen atoms in total. The second-order valence-corrected chi connectivity index (χ2v) is 9.81. The zero-order valence-electron chi connectivity index (χ0n) is 20.4. The van der Waals surface area contributed by atoms with Crippen molar-refractivity contribution in [2.24, 2.45) is 0 Å². The highest BCUT2D eigenvalue weighted by Crippen LogP contribution is 2.43. The van der Waals surface area contributed by atoms with E-state index in [0.717, 1.165) is 9.86 Å². The van der Waals surface area contributed by atoms with Crippen LogP contribution in [0.5, 0.6) is 11.5 Å². The molecule has 3 aromatic carbocycles. The largest absolute Gasteiger partial charge is 0.503 e. The summed E-state index contributed by atoms with van der Waals surface area (Å²) in [6, 6.07) is 20.1. The number of ether oxygens (including phenoxy) is 2. The number of rotatable bonds is 7. The number of fused-ring (bicyclic) bond motifs is 1. The lowest BCUT2D eigenvalue weighted by Gasteiger charge is -2.27. The van der Waals surface area contributed by atoms with Crippen molar-refractivity contribution in [3.8, 4) is 11.5 Å². The SMILES string of the molecule is COc1ccc(N2C(=O)C(O)=C(C(=O)c3cc4cc(Br)ccc4o3)C2c2cccc(OC(C)C)c2)cc1. The number of carbonyl (C=O) groups is 2. The Balaban J connectivity index is 1.64. The number of hydrogen-bond acceptors (Lipinski definition) is 6. The molecular weight excluding hydrogens is 538 g/mol. The summed E-state index contributed by atoms with van der Waals surface area (Å²) < 4.78 is 17.8. The molecule has 0 saturated heterocycles. The summed E-state index contributed by atoms with van der Waals surface area (Å²) in [5.74, 6) is -0.661. The number of ketones is 1. The molecular formula is C29H24BrNO6. The van der Waals surface area contributed by atoms with Crippen molar-refractivity contribution in [2.75, 3.05) is 12.0 Å². The van der Waals surface area contributed by atoms with Gasteiger partial charge in [-0.25, -0.2) is 0 Å². The van der Waals surface area contributed by atoms with E-state index in [1.54, 1.807) is 67.8 Å². The molecule has 37 heavy (non-hydrogen) atoms. The average Bonchev–Trinajstić information content (AvgIpc) is 3.42.